The zero-order valence-corrected chi connectivity index (χ0v) is 14.0. The predicted molar refractivity (Wildman–Crippen MR) is 87.9 cm³/mol. The van der Waals surface area contributed by atoms with Crippen molar-refractivity contribution in [1.29, 1.82) is 0 Å². The van der Waals surface area contributed by atoms with E-state index in [-0.39, 0.29) is 5.60 Å². The minimum absolute atomic E-state index is 0.0855. The molecule has 1 aromatic heterocycles. The van der Waals surface area contributed by atoms with Crippen molar-refractivity contribution in [3.8, 4) is 5.75 Å². The number of fused-ring (bicyclic) bond motifs is 1. The van der Waals surface area contributed by atoms with Gasteiger partial charge < -0.3 is 4.74 Å². The highest BCUT2D eigenvalue weighted by Crippen LogP contribution is 2.37. The van der Waals surface area contributed by atoms with E-state index in [0.29, 0.717) is 0 Å². The zero-order chi connectivity index (χ0) is 15.7. The van der Waals surface area contributed by atoms with Crippen LogP contribution in [0.4, 0.5) is 0 Å². The third kappa shape index (κ3) is 3.02. The van der Waals surface area contributed by atoms with Crippen LogP contribution in [0.15, 0.2) is 30.5 Å². The third-order valence-corrected chi connectivity index (χ3v) is 4.15. The van der Waals surface area contributed by atoms with Crippen molar-refractivity contribution in [2.75, 3.05) is 7.05 Å². The fraction of sp³-hybridized carbons (Fsp3) is 0.500. The fourth-order valence-corrected chi connectivity index (χ4v) is 3.21. The van der Waals surface area contributed by atoms with Gasteiger partial charge in [0.1, 0.15) is 11.4 Å². The van der Waals surface area contributed by atoms with Crippen LogP contribution in [0.3, 0.4) is 0 Å². The normalized spacial score (nSPS) is 15.9. The zero-order valence-electron chi connectivity index (χ0n) is 14.0. The van der Waals surface area contributed by atoms with Crippen LogP contribution >= 0.6 is 0 Å². The van der Waals surface area contributed by atoms with Crippen molar-refractivity contribution in [2.45, 2.75) is 52.4 Å². The van der Waals surface area contributed by atoms with E-state index in [1.807, 2.05) is 10.9 Å². The molecule has 0 saturated heterocycles. The van der Waals surface area contributed by atoms with E-state index in [2.05, 4.69) is 62.1 Å². The number of hydrogen-bond donors (Lipinski definition) is 0. The van der Waals surface area contributed by atoms with Gasteiger partial charge in [0, 0.05) is 37.8 Å². The average molecular weight is 299 g/mol. The number of ether oxygens (including phenoxy) is 1. The Labute approximate surface area is 132 Å². The first-order chi connectivity index (χ1) is 10.5. The second-order valence-electron chi connectivity index (χ2n) is 6.75. The number of aryl methyl sites for hydroxylation is 1. The molecule has 0 bridgehead atoms. The molecule has 1 aliphatic rings. The van der Waals surface area contributed by atoms with Crippen molar-refractivity contribution in [1.82, 2.24) is 14.7 Å². The molecular formula is C18H25N3O. The van der Waals surface area contributed by atoms with Crippen LogP contribution in [-0.2, 0) is 26.1 Å². The summed E-state index contributed by atoms with van der Waals surface area (Å²) in [5.74, 6) is 1.09. The third-order valence-electron chi connectivity index (χ3n) is 4.15. The molecule has 3 rings (SSSR count). The van der Waals surface area contributed by atoms with E-state index in [1.54, 1.807) is 0 Å². The molecule has 0 amide bonds. The molecule has 0 N–H and O–H groups in total. The first kappa shape index (κ1) is 15.1. The quantitative estimate of drug-likeness (QED) is 0.849. The molecule has 4 heteroatoms. The molecule has 0 radical (unpaired) electrons. The van der Waals surface area contributed by atoms with Crippen LogP contribution in [0, 0.1) is 0 Å². The standard InChI is InChI=1S/C18H25N3O/c1-5-21-16(9-10-19-21)13-20(4)12-15-8-6-7-14-11-18(2,3)22-17(14)15/h6-10H,5,11-13H2,1-4H3. The Morgan fingerprint density at radius 2 is 2.09 bits per heavy atom. The van der Waals surface area contributed by atoms with E-state index in [4.69, 9.17) is 4.74 Å². The molecule has 0 saturated carbocycles. The molecular weight excluding hydrogens is 274 g/mol. The fourth-order valence-electron chi connectivity index (χ4n) is 3.21. The Bertz CT molecular complexity index is 660. The van der Waals surface area contributed by atoms with Gasteiger partial charge in [-0.1, -0.05) is 18.2 Å². The van der Waals surface area contributed by atoms with Crippen molar-refractivity contribution < 1.29 is 4.74 Å². The van der Waals surface area contributed by atoms with Gasteiger partial charge in [0.2, 0.25) is 0 Å². The van der Waals surface area contributed by atoms with Crippen LogP contribution in [0.2, 0.25) is 0 Å². The Kier molecular flexibility index (Phi) is 3.96. The van der Waals surface area contributed by atoms with E-state index in [0.717, 1.165) is 31.8 Å². The van der Waals surface area contributed by atoms with Gasteiger partial charge in [-0.25, -0.2) is 0 Å². The second-order valence-corrected chi connectivity index (χ2v) is 6.75. The molecule has 22 heavy (non-hydrogen) atoms. The van der Waals surface area contributed by atoms with Crippen molar-refractivity contribution in [3.63, 3.8) is 0 Å². The monoisotopic (exact) mass is 299 g/mol. The Morgan fingerprint density at radius 1 is 1.27 bits per heavy atom. The first-order valence-electron chi connectivity index (χ1n) is 7.97. The number of aromatic nitrogens is 2. The molecule has 0 unspecified atom stereocenters. The Hall–Kier alpha value is -1.81. The van der Waals surface area contributed by atoms with Crippen LogP contribution in [-0.4, -0.2) is 27.3 Å². The van der Waals surface area contributed by atoms with Gasteiger partial charge in [0.25, 0.3) is 0 Å². The topological polar surface area (TPSA) is 30.3 Å². The lowest BCUT2D eigenvalue weighted by molar-refractivity contribution is 0.135. The molecule has 2 heterocycles. The summed E-state index contributed by atoms with van der Waals surface area (Å²) >= 11 is 0. The van der Waals surface area contributed by atoms with Crippen LogP contribution in [0.25, 0.3) is 0 Å². The second kappa shape index (κ2) is 5.76. The summed E-state index contributed by atoms with van der Waals surface area (Å²) in [6.45, 7) is 9.11. The highest BCUT2D eigenvalue weighted by Gasteiger charge is 2.31. The minimum Gasteiger partial charge on any atom is -0.487 e. The maximum absolute atomic E-state index is 6.16. The maximum Gasteiger partial charge on any atom is 0.127 e. The number of para-hydroxylation sites is 1. The maximum atomic E-state index is 6.16. The molecule has 0 aliphatic carbocycles. The molecule has 0 spiro atoms. The van der Waals surface area contributed by atoms with Crippen molar-refractivity contribution in [2.24, 2.45) is 0 Å². The van der Waals surface area contributed by atoms with Crippen LogP contribution in [0.1, 0.15) is 37.6 Å². The Balaban J connectivity index is 1.73. The minimum atomic E-state index is -0.0855. The van der Waals surface area contributed by atoms with E-state index in [1.165, 1.54) is 16.8 Å². The largest absolute Gasteiger partial charge is 0.487 e. The number of nitrogens with zero attached hydrogens (tertiary/aromatic N) is 3. The summed E-state index contributed by atoms with van der Waals surface area (Å²) in [5, 5.41) is 4.34. The lowest BCUT2D eigenvalue weighted by atomic mass is 10.0. The van der Waals surface area contributed by atoms with Gasteiger partial charge in [-0.3, -0.25) is 9.58 Å². The number of hydrogen-bond acceptors (Lipinski definition) is 3. The van der Waals surface area contributed by atoms with E-state index in [9.17, 15) is 0 Å². The van der Waals surface area contributed by atoms with Gasteiger partial charge in [-0.05, 0) is 39.4 Å². The molecule has 0 atom stereocenters. The van der Waals surface area contributed by atoms with E-state index < -0.39 is 0 Å². The molecule has 2 aromatic rings. The summed E-state index contributed by atoms with van der Waals surface area (Å²) in [6, 6.07) is 8.59. The number of rotatable bonds is 5. The molecule has 118 valence electrons. The summed E-state index contributed by atoms with van der Waals surface area (Å²) in [7, 11) is 2.15. The lowest BCUT2D eigenvalue weighted by Crippen LogP contribution is -2.25. The van der Waals surface area contributed by atoms with Gasteiger partial charge in [0.15, 0.2) is 0 Å². The van der Waals surface area contributed by atoms with Crippen molar-refractivity contribution in [3.05, 3.63) is 47.3 Å². The molecule has 1 aliphatic heterocycles. The SMILES string of the molecule is CCn1nccc1CN(C)Cc1cccc2c1OC(C)(C)C2. The van der Waals surface area contributed by atoms with Gasteiger partial charge in [-0.2, -0.15) is 5.10 Å². The van der Waals surface area contributed by atoms with Crippen LogP contribution in [0.5, 0.6) is 5.75 Å². The van der Waals surface area contributed by atoms with Gasteiger partial charge in [0.05, 0.1) is 5.69 Å². The summed E-state index contributed by atoms with van der Waals surface area (Å²) in [4.78, 5) is 2.31. The van der Waals surface area contributed by atoms with Crippen molar-refractivity contribution >= 4 is 0 Å². The van der Waals surface area contributed by atoms with Crippen LogP contribution < -0.4 is 4.74 Å². The van der Waals surface area contributed by atoms with E-state index >= 15 is 0 Å². The molecule has 4 nitrogen and oxygen atoms in total. The lowest BCUT2D eigenvalue weighted by Gasteiger charge is -2.21. The average Bonchev–Trinajstić information content (AvgIpc) is 3.01. The highest BCUT2D eigenvalue weighted by atomic mass is 16.5. The number of benzene rings is 1. The highest BCUT2D eigenvalue weighted by molar-refractivity contribution is 5.45. The van der Waals surface area contributed by atoms with Gasteiger partial charge >= 0.3 is 0 Å². The van der Waals surface area contributed by atoms with Gasteiger partial charge in [-0.15, -0.1) is 0 Å². The summed E-state index contributed by atoms with van der Waals surface area (Å²) in [6.07, 6.45) is 2.86. The smallest absolute Gasteiger partial charge is 0.127 e. The summed E-state index contributed by atoms with van der Waals surface area (Å²) < 4.78 is 8.21. The first-order valence-corrected chi connectivity index (χ1v) is 7.97. The molecule has 0 fully saturated rings. The Morgan fingerprint density at radius 3 is 2.86 bits per heavy atom. The predicted octanol–water partition coefficient (Wildman–Crippen LogP) is 3.25. The summed E-state index contributed by atoms with van der Waals surface area (Å²) in [5.41, 5.74) is 3.76. The molecule has 1 aromatic carbocycles.